The van der Waals surface area contributed by atoms with E-state index in [-0.39, 0.29) is 6.10 Å². The number of hydrogen-bond acceptors (Lipinski definition) is 4. The van der Waals surface area contributed by atoms with Gasteiger partial charge >= 0.3 is 0 Å². The zero-order valence-corrected chi connectivity index (χ0v) is 9.37. The minimum absolute atomic E-state index is 0.253. The number of aromatic nitrogens is 2. The second-order valence-electron chi connectivity index (χ2n) is 3.65. The predicted octanol–water partition coefficient (Wildman–Crippen LogP) is 2.11. The molecule has 0 aromatic carbocycles. The average molecular weight is 228 g/mol. The van der Waals surface area contributed by atoms with Gasteiger partial charge in [-0.25, -0.2) is 9.97 Å². The number of nitrogens with zero attached hydrogens (tertiary/aromatic N) is 2. The first kappa shape index (κ1) is 10.6. The number of nitrogens with one attached hydrogen (secondary N) is 1. The van der Waals surface area contributed by atoms with Crippen LogP contribution in [0.25, 0.3) is 0 Å². The summed E-state index contributed by atoms with van der Waals surface area (Å²) in [5.41, 5.74) is 0. The molecular formula is C10H14ClN3O. The Morgan fingerprint density at radius 1 is 1.40 bits per heavy atom. The smallest absolute Gasteiger partial charge is 0.171 e. The van der Waals surface area contributed by atoms with E-state index in [1.807, 2.05) is 0 Å². The summed E-state index contributed by atoms with van der Waals surface area (Å²) >= 11 is 5.92. The van der Waals surface area contributed by atoms with E-state index in [2.05, 4.69) is 15.3 Å². The fraction of sp³-hybridized carbons (Fsp3) is 0.600. The van der Waals surface area contributed by atoms with Crippen molar-refractivity contribution in [2.75, 3.05) is 12.4 Å². The third-order valence-corrected chi connectivity index (χ3v) is 3.01. The average Bonchev–Trinajstić information content (AvgIpc) is 2.69. The maximum Gasteiger partial charge on any atom is 0.171 e. The molecule has 0 spiro atoms. The van der Waals surface area contributed by atoms with Gasteiger partial charge in [-0.3, -0.25) is 0 Å². The summed E-state index contributed by atoms with van der Waals surface area (Å²) in [5, 5.41) is 3.70. The van der Waals surface area contributed by atoms with Gasteiger partial charge in [0, 0.05) is 19.5 Å². The van der Waals surface area contributed by atoms with E-state index < -0.39 is 0 Å². The van der Waals surface area contributed by atoms with Gasteiger partial charge in [0.15, 0.2) is 11.0 Å². The number of rotatable bonds is 3. The minimum Gasteiger partial charge on any atom is -0.379 e. The van der Waals surface area contributed by atoms with Crippen molar-refractivity contribution in [1.82, 2.24) is 9.97 Å². The maximum absolute atomic E-state index is 5.92. The lowest BCUT2D eigenvalue weighted by molar-refractivity contribution is 0.101. The molecular weight excluding hydrogens is 214 g/mol. The number of methoxy groups -OCH3 is 1. The van der Waals surface area contributed by atoms with Gasteiger partial charge < -0.3 is 10.1 Å². The standard InChI is InChI=1S/C10H14ClN3O/c1-15-8-4-2-3-7(8)14-10-9(11)12-5-6-13-10/h5-8H,2-4H2,1H3,(H,13,14). The van der Waals surface area contributed by atoms with Crippen LogP contribution in [0.3, 0.4) is 0 Å². The van der Waals surface area contributed by atoms with Crippen molar-refractivity contribution >= 4 is 17.4 Å². The highest BCUT2D eigenvalue weighted by molar-refractivity contribution is 6.31. The molecule has 1 fully saturated rings. The molecule has 0 radical (unpaired) electrons. The van der Waals surface area contributed by atoms with Crippen LogP contribution in [0.15, 0.2) is 12.4 Å². The molecule has 1 aliphatic carbocycles. The summed E-state index contributed by atoms with van der Waals surface area (Å²) in [5.74, 6) is 0.646. The van der Waals surface area contributed by atoms with Gasteiger partial charge in [-0.2, -0.15) is 0 Å². The Kier molecular flexibility index (Phi) is 3.38. The summed E-state index contributed by atoms with van der Waals surface area (Å²) < 4.78 is 5.38. The van der Waals surface area contributed by atoms with E-state index >= 15 is 0 Å². The second-order valence-corrected chi connectivity index (χ2v) is 4.01. The van der Waals surface area contributed by atoms with Gasteiger partial charge in [0.1, 0.15) is 0 Å². The van der Waals surface area contributed by atoms with E-state index in [1.54, 1.807) is 19.5 Å². The molecule has 82 valence electrons. The Balaban J connectivity index is 2.05. The van der Waals surface area contributed by atoms with Crippen molar-refractivity contribution in [2.45, 2.75) is 31.4 Å². The van der Waals surface area contributed by atoms with Gasteiger partial charge in [0.05, 0.1) is 12.1 Å². The Morgan fingerprint density at radius 2 is 2.20 bits per heavy atom. The Labute approximate surface area is 94.0 Å². The van der Waals surface area contributed by atoms with E-state index in [4.69, 9.17) is 16.3 Å². The monoisotopic (exact) mass is 227 g/mol. The molecule has 1 aromatic heterocycles. The third-order valence-electron chi connectivity index (χ3n) is 2.73. The van der Waals surface area contributed by atoms with Crippen LogP contribution in [0.5, 0.6) is 0 Å². The number of halogens is 1. The fourth-order valence-electron chi connectivity index (χ4n) is 1.97. The molecule has 2 rings (SSSR count). The quantitative estimate of drug-likeness (QED) is 0.859. The summed E-state index contributed by atoms with van der Waals surface area (Å²) in [6.07, 6.45) is 6.81. The fourth-order valence-corrected chi connectivity index (χ4v) is 2.13. The van der Waals surface area contributed by atoms with E-state index in [9.17, 15) is 0 Å². The van der Waals surface area contributed by atoms with E-state index in [0.717, 1.165) is 12.8 Å². The van der Waals surface area contributed by atoms with Crippen LogP contribution in [0, 0.1) is 0 Å². The summed E-state index contributed by atoms with van der Waals surface area (Å²) in [7, 11) is 1.74. The maximum atomic E-state index is 5.92. The summed E-state index contributed by atoms with van der Waals surface area (Å²) in [6, 6.07) is 0.296. The van der Waals surface area contributed by atoms with Crippen LogP contribution in [-0.4, -0.2) is 29.2 Å². The minimum atomic E-state index is 0.253. The highest BCUT2D eigenvalue weighted by atomic mass is 35.5. The molecule has 2 unspecified atom stereocenters. The van der Waals surface area contributed by atoms with Crippen LogP contribution in [0.2, 0.25) is 5.15 Å². The molecule has 15 heavy (non-hydrogen) atoms. The van der Waals surface area contributed by atoms with Crippen molar-refractivity contribution in [2.24, 2.45) is 0 Å². The summed E-state index contributed by atoms with van der Waals surface area (Å²) in [6.45, 7) is 0. The van der Waals surface area contributed by atoms with Crippen LogP contribution >= 0.6 is 11.6 Å². The van der Waals surface area contributed by atoms with Crippen LogP contribution in [-0.2, 0) is 4.74 Å². The van der Waals surface area contributed by atoms with Gasteiger partial charge in [-0.1, -0.05) is 11.6 Å². The second kappa shape index (κ2) is 4.77. The van der Waals surface area contributed by atoms with Crippen LogP contribution < -0.4 is 5.32 Å². The molecule has 4 nitrogen and oxygen atoms in total. The zero-order chi connectivity index (χ0) is 10.7. The first-order chi connectivity index (χ1) is 7.31. The van der Waals surface area contributed by atoms with Crippen molar-refractivity contribution in [3.63, 3.8) is 0 Å². The van der Waals surface area contributed by atoms with Crippen molar-refractivity contribution in [3.8, 4) is 0 Å². The zero-order valence-electron chi connectivity index (χ0n) is 8.61. The largest absolute Gasteiger partial charge is 0.379 e. The number of anilines is 1. The normalized spacial score (nSPS) is 25.5. The predicted molar refractivity (Wildman–Crippen MR) is 59.1 cm³/mol. The first-order valence-electron chi connectivity index (χ1n) is 5.07. The van der Waals surface area contributed by atoms with Crippen molar-refractivity contribution in [3.05, 3.63) is 17.5 Å². The molecule has 0 aliphatic heterocycles. The van der Waals surface area contributed by atoms with Gasteiger partial charge in [0.25, 0.3) is 0 Å². The lowest BCUT2D eigenvalue weighted by Crippen LogP contribution is -2.30. The molecule has 1 saturated carbocycles. The molecule has 0 saturated heterocycles. The number of hydrogen-bond donors (Lipinski definition) is 1. The molecule has 2 atom stereocenters. The van der Waals surface area contributed by atoms with Gasteiger partial charge in [0.2, 0.25) is 0 Å². The lowest BCUT2D eigenvalue weighted by atomic mass is 10.2. The molecule has 0 bridgehead atoms. The molecule has 1 aliphatic rings. The van der Waals surface area contributed by atoms with Crippen LogP contribution in [0.4, 0.5) is 5.82 Å². The Hall–Kier alpha value is -0.870. The Morgan fingerprint density at radius 3 is 2.93 bits per heavy atom. The molecule has 0 amide bonds. The van der Waals surface area contributed by atoms with Gasteiger partial charge in [-0.15, -0.1) is 0 Å². The van der Waals surface area contributed by atoms with Crippen molar-refractivity contribution < 1.29 is 4.74 Å². The summed E-state index contributed by atoms with van der Waals surface area (Å²) in [4.78, 5) is 8.12. The highest BCUT2D eigenvalue weighted by Gasteiger charge is 2.27. The van der Waals surface area contributed by atoms with Crippen LogP contribution in [0.1, 0.15) is 19.3 Å². The highest BCUT2D eigenvalue weighted by Crippen LogP contribution is 2.26. The topological polar surface area (TPSA) is 47.0 Å². The van der Waals surface area contributed by atoms with Crippen molar-refractivity contribution in [1.29, 1.82) is 0 Å². The Bertz CT molecular complexity index is 334. The first-order valence-corrected chi connectivity index (χ1v) is 5.45. The molecule has 5 heteroatoms. The third kappa shape index (κ3) is 2.38. The SMILES string of the molecule is COC1CCCC1Nc1nccnc1Cl. The lowest BCUT2D eigenvalue weighted by Gasteiger charge is -2.20. The van der Waals surface area contributed by atoms with E-state index in [0.29, 0.717) is 17.0 Å². The van der Waals surface area contributed by atoms with E-state index in [1.165, 1.54) is 6.42 Å². The molecule has 1 N–H and O–H groups in total. The molecule has 1 aromatic rings. The number of ether oxygens (including phenoxy) is 1. The molecule has 1 heterocycles. The van der Waals surface area contributed by atoms with Gasteiger partial charge in [-0.05, 0) is 19.3 Å².